The number of anilines is 1. The third kappa shape index (κ3) is 1.66. The topological polar surface area (TPSA) is 15.3 Å². The zero-order valence-corrected chi connectivity index (χ0v) is 7.83. The van der Waals surface area contributed by atoms with Crippen molar-refractivity contribution in [3.05, 3.63) is 42.2 Å². The van der Waals surface area contributed by atoms with Crippen LogP contribution in [0.1, 0.15) is 12.5 Å². The molecule has 0 spiro atoms. The van der Waals surface area contributed by atoms with Crippen molar-refractivity contribution >= 4 is 5.69 Å². The van der Waals surface area contributed by atoms with Gasteiger partial charge in [-0.15, -0.1) is 0 Å². The van der Waals surface area contributed by atoms with Gasteiger partial charge < -0.3 is 10.2 Å². The van der Waals surface area contributed by atoms with Crippen molar-refractivity contribution in [2.24, 2.45) is 0 Å². The van der Waals surface area contributed by atoms with Crippen molar-refractivity contribution in [3.63, 3.8) is 0 Å². The Bertz CT molecular complexity index is 300. The lowest BCUT2D eigenvalue weighted by atomic mass is 10.1. The second-order valence-corrected chi connectivity index (χ2v) is 3.17. The van der Waals surface area contributed by atoms with Gasteiger partial charge in [0.2, 0.25) is 0 Å². The molecule has 1 N–H and O–H groups in total. The van der Waals surface area contributed by atoms with E-state index in [1.165, 1.54) is 11.3 Å². The normalized spacial score (nSPS) is 14.7. The number of nitrogens with one attached hydrogen (secondary N) is 1. The number of nitrogens with zero attached hydrogens (tertiary/aromatic N) is 1. The molecule has 2 nitrogen and oxygen atoms in total. The van der Waals surface area contributed by atoms with Crippen LogP contribution in [0.3, 0.4) is 0 Å². The summed E-state index contributed by atoms with van der Waals surface area (Å²) in [6.07, 6.45) is 5.13. The Kier molecular flexibility index (Phi) is 2.21. The number of hydrogen-bond acceptors (Lipinski definition) is 2. The second-order valence-electron chi connectivity index (χ2n) is 3.17. The predicted octanol–water partition coefficient (Wildman–Crippen LogP) is 2.09. The molecule has 0 atom stereocenters. The first-order valence-corrected chi connectivity index (χ1v) is 4.66. The zero-order valence-electron chi connectivity index (χ0n) is 7.83. The van der Waals surface area contributed by atoms with Crippen LogP contribution in [0, 0.1) is 0 Å². The molecule has 13 heavy (non-hydrogen) atoms. The fourth-order valence-corrected chi connectivity index (χ4v) is 1.45. The van der Waals surface area contributed by atoms with Gasteiger partial charge in [-0.25, -0.2) is 0 Å². The Balaban J connectivity index is 2.17. The van der Waals surface area contributed by atoms with E-state index in [9.17, 15) is 0 Å². The molecule has 0 saturated carbocycles. The lowest BCUT2D eigenvalue weighted by Crippen LogP contribution is -2.19. The molecular weight excluding hydrogens is 160 g/mol. The van der Waals surface area contributed by atoms with E-state index in [0.29, 0.717) is 0 Å². The van der Waals surface area contributed by atoms with Crippen molar-refractivity contribution in [2.75, 3.05) is 11.6 Å². The van der Waals surface area contributed by atoms with E-state index in [1.54, 1.807) is 0 Å². The first kappa shape index (κ1) is 8.17. The summed E-state index contributed by atoms with van der Waals surface area (Å²) in [4.78, 5) is 2.18. The van der Waals surface area contributed by atoms with E-state index >= 15 is 0 Å². The molecule has 1 aromatic rings. The maximum absolute atomic E-state index is 3.14. The molecule has 0 aliphatic carbocycles. The number of benzene rings is 1. The minimum Gasteiger partial charge on any atom is -0.372 e. The summed E-state index contributed by atoms with van der Waals surface area (Å²) in [5.41, 5.74) is 2.64. The van der Waals surface area contributed by atoms with Crippen LogP contribution in [-0.4, -0.2) is 6.67 Å². The number of hydrogen-bond donors (Lipinski definition) is 1. The fraction of sp³-hybridized carbons (Fsp3) is 0.273. The van der Waals surface area contributed by atoms with Gasteiger partial charge in [-0.05, 0) is 24.1 Å². The lowest BCUT2D eigenvalue weighted by Gasteiger charge is -2.14. The van der Waals surface area contributed by atoms with Gasteiger partial charge in [-0.2, -0.15) is 0 Å². The molecule has 0 unspecified atom stereocenters. The van der Waals surface area contributed by atoms with Crippen LogP contribution >= 0.6 is 0 Å². The van der Waals surface area contributed by atoms with Crippen molar-refractivity contribution in [3.8, 4) is 0 Å². The summed E-state index contributed by atoms with van der Waals surface area (Å²) in [5, 5.41) is 3.14. The van der Waals surface area contributed by atoms with Gasteiger partial charge in [0.25, 0.3) is 0 Å². The Labute approximate surface area is 78.9 Å². The van der Waals surface area contributed by atoms with Gasteiger partial charge in [-0.3, -0.25) is 0 Å². The fourth-order valence-electron chi connectivity index (χ4n) is 1.45. The van der Waals surface area contributed by atoms with Crippen LogP contribution < -0.4 is 10.2 Å². The predicted molar refractivity (Wildman–Crippen MR) is 55.4 cm³/mol. The highest BCUT2D eigenvalue weighted by Crippen LogP contribution is 2.16. The molecule has 0 bridgehead atoms. The molecule has 2 heteroatoms. The molecule has 1 aliphatic rings. The van der Waals surface area contributed by atoms with Gasteiger partial charge in [-0.1, -0.05) is 19.1 Å². The van der Waals surface area contributed by atoms with E-state index in [1.807, 2.05) is 6.20 Å². The van der Waals surface area contributed by atoms with Crippen LogP contribution in [0.4, 0.5) is 5.69 Å². The van der Waals surface area contributed by atoms with Crippen LogP contribution in [0.2, 0.25) is 0 Å². The smallest absolute Gasteiger partial charge is 0.0916 e. The Morgan fingerprint density at radius 1 is 1.31 bits per heavy atom. The first-order valence-electron chi connectivity index (χ1n) is 4.66. The van der Waals surface area contributed by atoms with Gasteiger partial charge in [0, 0.05) is 18.1 Å². The molecule has 1 aliphatic heterocycles. The molecule has 0 saturated heterocycles. The molecular formula is C11H14N2. The third-order valence-corrected chi connectivity index (χ3v) is 2.31. The monoisotopic (exact) mass is 174 g/mol. The maximum Gasteiger partial charge on any atom is 0.0916 e. The molecule has 1 heterocycles. The van der Waals surface area contributed by atoms with Gasteiger partial charge in [0.05, 0.1) is 6.67 Å². The number of aryl methyl sites for hydroxylation is 1. The van der Waals surface area contributed by atoms with E-state index in [0.717, 1.165) is 13.1 Å². The first-order chi connectivity index (χ1) is 6.40. The summed E-state index contributed by atoms with van der Waals surface area (Å²) in [5.74, 6) is 0. The second kappa shape index (κ2) is 3.52. The highest BCUT2D eigenvalue weighted by molar-refractivity contribution is 5.51. The van der Waals surface area contributed by atoms with Crippen LogP contribution in [0.5, 0.6) is 0 Å². The summed E-state index contributed by atoms with van der Waals surface area (Å²) in [6.45, 7) is 3.05. The van der Waals surface area contributed by atoms with Gasteiger partial charge in [0.15, 0.2) is 0 Å². The summed E-state index contributed by atoms with van der Waals surface area (Å²) < 4.78 is 0. The third-order valence-electron chi connectivity index (χ3n) is 2.31. The van der Waals surface area contributed by atoms with Gasteiger partial charge >= 0.3 is 0 Å². The minimum absolute atomic E-state index is 0.880. The summed E-state index contributed by atoms with van der Waals surface area (Å²) in [6, 6.07) is 8.69. The van der Waals surface area contributed by atoms with Crippen LogP contribution in [-0.2, 0) is 6.42 Å². The van der Waals surface area contributed by atoms with Crippen molar-refractivity contribution in [1.82, 2.24) is 5.32 Å². The molecule has 68 valence electrons. The molecule has 0 fully saturated rings. The van der Waals surface area contributed by atoms with Crippen molar-refractivity contribution in [1.29, 1.82) is 0 Å². The maximum atomic E-state index is 3.14. The molecule has 1 aromatic carbocycles. The SMILES string of the molecule is CCc1ccc(N2C=CNC2)cc1. The Hall–Kier alpha value is -1.44. The highest BCUT2D eigenvalue weighted by Gasteiger charge is 2.04. The van der Waals surface area contributed by atoms with E-state index in [2.05, 4.69) is 47.6 Å². The van der Waals surface area contributed by atoms with E-state index in [4.69, 9.17) is 0 Å². The van der Waals surface area contributed by atoms with Crippen molar-refractivity contribution < 1.29 is 0 Å². The quantitative estimate of drug-likeness (QED) is 0.738. The molecule has 0 amide bonds. The largest absolute Gasteiger partial charge is 0.372 e. The molecule has 0 radical (unpaired) electrons. The number of rotatable bonds is 2. The minimum atomic E-state index is 0.880. The Morgan fingerprint density at radius 3 is 2.62 bits per heavy atom. The highest BCUT2D eigenvalue weighted by atomic mass is 15.2. The lowest BCUT2D eigenvalue weighted by molar-refractivity contribution is 0.900. The molecule has 2 rings (SSSR count). The Morgan fingerprint density at radius 2 is 2.08 bits per heavy atom. The van der Waals surface area contributed by atoms with Crippen LogP contribution in [0.25, 0.3) is 0 Å². The van der Waals surface area contributed by atoms with Crippen molar-refractivity contribution in [2.45, 2.75) is 13.3 Å². The zero-order chi connectivity index (χ0) is 9.10. The summed E-state index contributed by atoms with van der Waals surface area (Å²) in [7, 11) is 0. The summed E-state index contributed by atoms with van der Waals surface area (Å²) >= 11 is 0. The van der Waals surface area contributed by atoms with Crippen LogP contribution in [0.15, 0.2) is 36.7 Å². The average molecular weight is 174 g/mol. The van der Waals surface area contributed by atoms with E-state index in [-0.39, 0.29) is 0 Å². The average Bonchev–Trinajstić information content (AvgIpc) is 2.71. The van der Waals surface area contributed by atoms with Gasteiger partial charge in [0.1, 0.15) is 0 Å². The standard InChI is InChI=1S/C11H14N2/c1-2-10-3-5-11(6-4-10)13-8-7-12-9-13/h3-8,12H,2,9H2,1H3. The van der Waals surface area contributed by atoms with E-state index < -0.39 is 0 Å². The molecule has 0 aromatic heterocycles.